The van der Waals surface area contributed by atoms with Gasteiger partial charge in [0.25, 0.3) is 0 Å². The van der Waals surface area contributed by atoms with Crippen LogP contribution in [0.3, 0.4) is 0 Å². The number of benzene rings is 6. The Hall–Kier alpha value is -8.05. The fourth-order valence-corrected chi connectivity index (χ4v) is 7.32. The van der Waals surface area contributed by atoms with E-state index in [2.05, 4.69) is 30.3 Å². The highest BCUT2D eigenvalue weighted by molar-refractivity contribution is 6.13. The van der Waals surface area contributed by atoms with E-state index in [1.54, 1.807) is 57.7 Å². The maximum Gasteiger partial charge on any atom is 0.417 e. The van der Waals surface area contributed by atoms with Crippen molar-refractivity contribution in [1.29, 1.82) is 26.3 Å². The zero-order chi connectivity index (χ0) is 39.7. The van der Waals surface area contributed by atoms with Gasteiger partial charge in [0.15, 0.2) is 0 Å². The van der Waals surface area contributed by atoms with Crippen LogP contribution in [0.2, 0.25) is 0 Å². The molecule has 8 aromatic rings. The van der Waals surface area contributed by atoms with Gasteiger partial charge < -0.3 is 9.13 Å². The Balaban J connectivity index is 1.64. The average Bonchev–Trinajstić information content (AvgIpc) is 3.70. The molecule has 56 heavy (non-hydrogen) atoms. The molecule has 0 aliphatic carbocycles. The molecule has 7 nitrogen and oxygen atoms in total. The van der Waals surface area contributed by atoms with Crippen molar-refractivity contribution in [3.05, 3.63) is 142 Å². The normalized spacial score (nSPS) is 11.7. The smallest absolute Gasteiger partial charge is 0.308 e. The summed E-state index contributed by atoms with van der Waals surface area (Å²) in [6.07, 6.45) is -10.4. The molecule has 0 radical (unpaired) electrons. The molecule has 8 rings (SSSR count). The van der Waals surface area contributed by atoms with E-state index in [1.807, 2.05) is 0 Å². The summed E-state index contributed by atoms with van der Waals surface area (Å²) in [7, 11) is 0. The summed E-state index contributed by atoms with van der Waals surface area (Å²) in [6.45, 7) is 0. The molecular formula is C43H17F6N7. The van der Waals surface area contributed by atoms with Gasteiger partial charge in [-0.25, -0.2) is 0 Å². The van der Waals surface area contributed by atoms with Crippen molar-refractivity contribution in [2.45, 2.75) is 12.4 Å². The number of aromatic nitrogens is 2. The maximum absolute atomic E-state index is 15.2. The first-order valence-corrected chi connectivity index (χ1v) is 16.4. The highest BCUT2D eigenvalue weighted by Crippen LogP contribution is 2.48. The van der Waals surface area contributed by atoms with Crippen LogP contribution >= 0.6 is 0 Å². The van der Waals surface area contributed by atoms with Crippen molar-refractivity contribution in [1.82, 2.24) is 9.13 Å². The van der Waals surface area contributed by atoms with Crippen molar-refractivity contribution >= 4 is 43.6 Å². The van der Waals surface area contributed by atoms with Crippen LogP contribution in [-0.4, -0.2) is 9.13 Å². The molecule has 13 heteroatoms. The van der Waals surface area contributed by atoms with E-state index in [-0.39, 0.29) is 50.8 Å². The molecule has 0 unspecified atom stereocenters. The van der Waals surface area contributed by atoms with Crippen LogP contribution in [0.1, 0.15) is 38.9 Å². The van der Waals surface area contributed by atoms with E-state index in [9.17, 15) is 39.5 Å². The van der Waals surface area contributed by atoms with Crippen molar-refractivity contribution in [2.24, 2.45) is 0 Å². The van der Waals surface area contributed by atoms with Crippen molar-refractivity contribution in [3.63, 3.8) is 0 Å². The monoisotopic (exact) mass is 745 g/mol. The van der Waals surface area contributed by atoms with Gasteiger partial charge >= 0.3 is 12.4 Å². The van der Waals surface area contributed by atoms with E-state index < -0.39 is 29.0 Å². The molecule has 0 fully saturated rings. The predicted octanol–water partition coefficient (Wildman–Crippen LogP) is 10.9. The van der Waals surface area contributed by atoms with E-state index in [4.69, 9.17) is 0 Å². The fourth-order valence-electron chi connectivity index (χ4n) is 7.32. The van der Waals surface area contributed by atoms with Gasteiger partial charge in [-0.2, -0.15) is 52.7 Å². The molecule has 0 saturated heterocycles. The zero-order valence-corrected chi connectivity index (χ0v) is 28.2. The topological polar surface area (TPSA) is 129 Å². The van der Waals surface area contributed by atoms with Crippen LogP contribution in [0.15, 0.2) is 103 Å². The van der Waals surface area contributed by atoms with Gasteiger partial charge in [0.1, 0.15) is 0 Å². The van der Waals surface area contributed by atoms with E-state index in [0.717, 1.165) is 6.07 Å². The molecule has 266 valence electrons. The highest BCUT2D eigenvalue weighted by Gasteiger charge is 2.40. The molecule has 0 amide bonds. The second-order valence-corrected chi connectivity index (χ2v) is 12.8. The summed E-state index contributed by atoms with van der Waals surface area (Å²) in [6, 6.07) is 32.8. The molecular weight excluding hydrogens is 729 g/mol. The van der Waals surface area contributed by atoms with Gasteiger partial charge in [0.05, 0.1) is 103 Å². The minimum Gasteiger partial charge on any atom is -0.308 e. The summed E-state index contributed by atoms with van der Waals surface area (Å²) >= 11 is 0. The lowest BCUT2D eigenvalue weighted by atomic mass is 9.92. The van der Waals surface area contributed by atoms with Crippen molar-refractivity contribution in [3.8, 4) is 52.8 Å². The number of hydrogen-bond donors (Lipinski definition) is 0. The third-order valence-electron chi connectivity index (χ3n) is 9.68. The molecule has 0 aliphatic rings. The standard InChI is InChI=1S/C43H17F6N7/c44-42(45,46)28-5-6-29(34(17-28)43(47,48)49)41-39(55-35-7-1-23(18-50)11-30(35)31-12-24(19-51)2-8-36(31)55)15-27(22-54)16-40(41)56-37-9-3-25(20-52)13-32(37)33-14-26(21-53)4-10-38(33)56/h1-17H. The predicted molar refractivity (Wildman–Crippen MR) is 194 cm³/mol. The number of alkyl halides is 6. The van der Waals surface area contributed by atoms with Gasteiger partial charge in [-0.1, -0.05) is 6.07 Å². The molecule has 0 N–H and O–H groups in total. The number of fused-ring (bicyclic) bond motifs is 6. The number of nitrogens with zero attached hydrogens (tertiary/aromatic N) is 7. The second-order valence-electron chi connectivity index (χ2n) is 12.8. The number of rotatable bonds is 3. The van der Waals surface area contributed by atoms with Gasteiger partial charge in [-0.15, -0.1) is 0 Å². The molecule has 6 aromatic carbocycles. The summed E-state index contributed by atoms with van der Waals surface area (Å²) in [4.78, 5) is 0. The van der Waals surface area contributed by atoms with Crippen LogP contribution in [0.25, 0.3) is 66.1 Å². The SMILES string of the molecule is N#Cc1cc(-n2c3ccc(C#N)cc3c3cc(C#N)ccc32)c(-c2ccc(C(F)(F)F)cc2C(F)(F)F)c(-n2c3ccc(C#N)cc3c3cc(C#N)ccc32)c1. The highest BCUT2D eigenvalue weighted by atomic mass is 19.4. The summed E-state index contributed by atoms with van der Waals surface area (Å²) < 4.78 is 90.8. The lowest BCUT2D eigenvalue weighted by Gasteiger charge is -2.24. The maximum atomic E-state index is 15.2. The molecule has 0 aliphatic heterocycles. The molecule has 2 heterocycles. The minimum absolute atomic E-state index is 0.0315. The summed E-state index contributed by atoms with van der Waals surface area (Å²) in [5.41, 5.74) is -1.69. The van der Waals surface area contributed by atoms with Crippen LogP contribution in [0, 0.1) is 56.7 Å². The molecule has 0 saturated carbocycles. The largest absolute Gasteiger partial charge is 0.417 e. The minimum atomic E-state index is -5.31. The molecule has 0 spiro atoms. The van der Waals surface area contributed by atoms with Crippen LogP contribution in [0.4, 0.5) is 26.3 Å². The average molecular weight is 746 g/mol. The Bertz CT molecular complexity index is 2930. The van der Waals surface area contributed by atoms with Gasteiger partial charge in [-0.05, 0) is 103 Å². The molecule has 0 atom stereocenters. The van der Waals surface area contributed by atoms with Crippen molar-refractivity contribution < 1.29 is 26.3 Å². The fraction of sp³-hybridized carbons (Fsp3) is 0.0465. The number of nitriles is 5. The number of halogens is 6. The van der Waals surface area contributed by atoms with Gasteiger partial charge in [-0.3, -0.25) is 0 Å². The van der Waals surface area contributed by atoms with Gasteiger partial charge in [0, 0.05) is 27.1 Å². The first-order chi connectivity index (χ1) is 26.8. The first kappa shape index (κ1) is 35.0. The first-order valence-electron chi connectivity index (χ1n) is 16.4. The Kier molecular flexibility index (Phi) is 7.83. The number of hydrogen-bond acceptors (Lipinski definition) is 5. The second kappa shape index (κ2) is 12.5. The Morgan fingerprint density at radius 1 is 0.393 bits per heavy atom. The van der Waals surface area contributed by atoms with Crippen LogP contribution in [-0.2, 0) is 12.4 Å². The Morgan fingerprint density at radius 3 is 1.05 bits per heavy atom. The van der Waals surface area contributed by atoms with Crippen LogP contribution < -0.4 is 0 Å². The lowest BCUT2D eigenvalue weighted by molar-refractivity contribution is -0.142. The van der Waals surface area contributed by atoms with Crippen LogP contribution in [0.5, 0.6) is 0 Å². The third-order valence-corrected chi connectivity index (χ3v) is 9.68. The zero-order valence-electron chi connectivity index (χ0n) is 28.2. The lowest BCUT2D eigenvalue weighted by Crippen LogP contribution is -2.14. The van der Waals surface area contributed by atoms with Crippen molar-refractivity contribution in [2.75, 3.05) is 0 Å². The summed E-state index contributed by atoms with van der Waals surface area (Å²) in [5.74, 6) is 0. The Morgan fingerprint density at radius 2 is 0.750 bits per heavy atom. The molecule has 2 aromatic heterocycles. The van der Waals surface area contributed by atoms with E-state index in [0.29, 0.717) is 49.7 Å². The van der Waals surface area contributed by atoms with E-state index in [1.165, 1.54) is 36.4 Å². The third kappa shape index (κ3) is 5.41. The van der Waals surface area contributed by atoms with Gasteiger partial charge in [0.2, 0.25) is 0 Å². The summed E-state index contributed by atoms with van der Waals surface area (Å²) in [5, 5.41) is 51.2. The van der Waals surface area contributed by atoms with E-state index >= 15 is 13.2 Å². The Labute approximate surface area is 312 Å². The molecule has 0 bridgehead atoms. The quantitative estimate of drug-likeness (QED) is 0.166.